The summed E-state index contributed by atoms with van der Waals surface area (Å²) < 4.78 is 56.6. The number of fused-ring (bicyclic) bond motifs is 6. The van der Waals surface area contributed by atoms with Crippen LogP contribution in [0, 0.1) is 0 Å². The Labute approximate surface area is 234 Å². The van der Waals surface area contributed by atoms with Crippen molar-refractivity contribution in [2.24, 2.45) is 0 Å². The molecule has 11 heteroatoms. The number of ether oxygens (including phenoxy) is 3. The van der Waals surface area contributed by atoms with Gasteiger partial charge in [0.15, 0.2) is 11.5 Å². The van der Waals surface area contributed by atoms with E-state index in [0.29, 0.717) is 47.0 Å². The van der Waals surface area contributed by atoms with E-state index in [9.17, 15) is 27.9 Å². The van der Waals surface area contributed by atoms with Gasteiger partial charge in [-0.05, 0) is 72.0 Å². The van der Waals surface area contributed by atoms with Gasteiger partial charge >= 0.3 is 6.18 Å². The number of halogens is 3. The molecule has 6 rings (SSSR count). The Kier molecular flexibility index (Phi) is 7.96. The molecule has 216 valence electrons. The smallest absolute Gasteiger partial charge is 0.389 e. The number of hydrogen-bond acceptors (Lipinski definition) is 6. The largest absolute Gasteiger partial charge is 0.507 e. The number of nitrogens with zero attached hydrogens (tertiary/aromatic N) is 1. The van der Waals surface area contributed by atoms with Gasteiger partial charge in [0, 0.05) is 19.5 Å². The number of alkyl halides is 3. The molecule has 8 nitrogen and oxygen atoms in total. The van der Waals surface area contributed by atoms with Crippen molar-refractivity contribution in [1.82, 2.24) is 10.2 Å². The fourth-order valence-electron chi connectivity index (χ4n) is 5.11. The SMILES string of the molecule is COc1cc2c3cc1Oc1ccc(O)c(c1)C(=O)NCCCOc1cccc(c1)C2N(C(=O)CCC(F)(F)F)CC3. The summed E-state index contributed by atoms with van der Waals surface area (Å²) in [7, 11) is 1.45. The summed E-state index contributed by atoms with van der Waals surface area (Å²) >= 11 is 0. The Hall–Kier alpha value is -4.41. The maximum Gasteiger partial charge on any atom is 0.389 e. The third kappa shape index (κ3) is 6.34. The molecular formula is C30H29F3N2O6. The Morgan fingerprint density at radius 2 is 1.98 bits per heavy atom. The maximum atomic E-state index is 13.2. The van der Waals surface area contributed by atoms with Gasteiger partial charge in [-0.3, -0.25) is 9.59 Å². The molecule has 41 heavy (non-hydrogen) atoms. The fraction of sp³-hybridized carbons (Fsp3) is 0.333. The molecule has 0 saturated carbocycles. The molecule has 1 atom stereocenters. The molecule has 3 aromatic carbocycles. The molecule has 2 N–H and O–H groups in total. The summed E-state index contributed by atoms with van der Waals surface area (Å²) in [5.74, 6) is 0.210. The summed E-state index contributed by atoms with van der Waals surface area (Å²) in [4.78, 5) is 27.4. The first kappa shape index (κ1) is 28.1. The van der Waals surface area contributed by atoms with Crippen LogP contribution < -0.4 is 19.5 Å². The van der Waals surface area contributed by atoms with Crippen LogP contribution in [0.15, 0.2) is 54.6 Å². The monoisotopic (exact) mass is 570 g/mol. The Balaban J connectivity index is 1.61. The van der Waals surface area contributed by atoms with Crippen LogP contribution in [-0.2, 0) is 11.2 Å². The summed E-state index contributed by atoms with van der Waals surface area (Å²) in [6, 6.07) is 14.2. The number of aromatic hydroxyl groups is 1. The Morgan fingerprint density at radius 3 is 2.76 bits per heavy atom. The number of nitrogens with one attached hydrogen (secondary N) is 1. The quantitative estimate of drug-likeness (QED) is 0.431. The van der Waals surface area contributed by atoms with Gasteiger partial charge in [0.05, 0.1) is 31.7 Å². The molecule has 0 fully saturated rings. The van der Waals surface area contributed by atoms with Crippen molar-refractivity contribution in [3.63, 3.8) is 0 Å². The van der Waals surface area contributed by atoms with Crippen LogP contribution in [0.25, 0.3) is 0 Å². The molecule has 0 aliphatic carbocycles. The minimum atomic E-state index is -4.45. The molecule has 3 heterocycles. The zero-order valence-electron chi connectivity index (χ0n) is 22.3. The van der Waals surface area contributed by atoms with Crippen LogP contribution in [0.2, 0.25) is 0 Å². The van der Waals surface area contributed by atoms with Crippen LogP contribution in [0.5, 0.6) is 28.7 Å². The van der Waals surface area contributed by atoms with Gasteiger partial charge in [-0.2, -0.15) is 13.2 Å². The second kappa shape index (κ2) is 11.6. The van der Waals surface area contributed by atoms with E-state index in [1.807, 2.05) is 6.07 Å². The van der Waals surface area contributed by atoms with Gasteiger partial charge in [-0.1, -0.05) is 12.1 Å². The lowest BCUT2D eigenvalue weighted by atomic mass is 9.87. The van der Waals surface area contributed by atoms with Gasteiger partial charge in [-0.15, -0.1) is 0 Å². The normalized spacial score (nSPS) is 17.0. The summed E-state index contributed by atoms with van der Waals surface area (Å²) in [5, 5.41) is 13.0. The van der Waals surface area contributed by atoms with Crippen molar-refractivity contribution in [1.29, 1.82) is 0 Å². The number of phenols is 1. The standard InChI is InChI=1S/C30H29F3N2O6/c1-39-25-17-22-18-9-12-35(27(37)8-10-30(31,32)33)28(22)19-4-2-5-20(14-19)40-13-3-11-34-29(38)23-16-21(6-7-24(23)36)41-26(25)15-18/h2,4-7,14-17,28,36H,3,8-13H2,1H3,(H,34,38). The highest BCUT2D eigenvalue weighted by Gasteiger charge is 2.36. The van der Waals surface area contributed by atoms with Crippen molar-refractivity contribution in [2.75, 3.05) is 26.8 Å². The summed E-state index contributed by atoms with van der Waals surface area (Å²) in [5.41, 5.74) is 2.25. The van der Waals surface area contributed by atoms with E-state index < -0.39 is 36.9 Å². The van der Waals surface area contributed by atoms with Crippen LogP contribution in [-0.4, -0.2) is 54.8 Å². The third-order valence-corrected chi connectivity index (χ3v) is 7.09. The van der Waals surface area contributed by atoms with Gasteiger partial charge in [0.2, 0.25) is 5.91 Å². The number of carbonyl (C=O) groups is 2. The van der Waals surface area contributed by atoms with Crippen molar-refractivity contribution in [3.05, 3.63) is 76.9 Å². The zero-order chi connectivity index (χ0) is 29.1. The predicted molar refractivity (Wildman–Crippen MR) is 143 cm³/mol. The minimum Gasteiger partial charge on any atom is -0.507 e. The third-order valence-electron chi connectivity index (χ3n) is 7.09. The molecule has 0 spiro atoms. The molecule has 0 saturated heterocycles. The van der Waals surface area contributed by atoms with Gasteiger partial charge < -0.3 is 29.5 Å². The van der Waals surface area contributed by atoms with E-state index in [2.05, 4.69) is 5.32 Å². The van der Waals surface area contributed by atoms with Gasteiger partial charge in [0.25, 0.3) is 5.91 Å². The first-order valence-corrected chi connectivity index (χ1v) is 13.2. The zero-order valence-corrected chi connectivity index (χ0v) is 22.3. The molecular weight excluding hydrogens is 541 g/mol. The van der Waals surface area contributed by atoms with E-state index in [0.717, 1.165) is 5.56 Å². The van der Waals surface area contributed by atoms with Crippen molar-refractivity contribution < 1.29 is 42.1 Å². The number of phenolic OH excluding ortho intramolecular Hbond substituents is 1. The van der Waals surface area contributed by atoms with E-state index in [1.165, 1.54) is 30.2 Å². The number of amides is 2. The number of methoxy groups -OCH3 is 1. The molecule has 3 aliphatic rings. The van der Waals surface area contributed by atoms with Crippen molar-refractivity contribution in [3.8, 4) is 28.7 Å². The minimum absolute atomic E-state index is 0.0437. The molecule has 8 bridgehead atoms. The highest BCUT2D eigenvalue weighted by molar-refractivity contribution is 5.97. The fourth-order valence-corrected chi connectivity index (χ4v) is 5.11. The highest BCUT2D eigenvalue weighted by atomic mass is 19.4. The van der Waals surface area contributed by atoms with Gasteiger partial charge in [0.1, 0.15) is 17.2 Å². The maximum absolute atomic E-state index is 13.2. The Morgan fingerprint density at radius 1 is 1.15 bits per heavy atom. The lowest BCUT2D eigenvalue weighted by Gasteiger charge is -2.38. The molecule has 3 aromatic rings. The second-order valence-electron chi connectivity index (χ2n) is 9.87. The van der Waals surface area contributed by atoms with Crippen molar-refractivity contribution in [2.45, 2.75) is 37.9 Å². The van der Waals surface area contributed by atoms with E-state index in [4.69, 9.17) is 14.2 Å². The van der Waals surface area contributed by atoms with Gasteiger partial charge in [-0.25, -0.2) is 0 Å². The highest BCUT2D eigenvalue weighted by Crippen LogP contribution is 2.43. The Bertz CT molecular complexity index is 1460. The van der Waals surface area contributed by atoms with E-state index in [1.54, 1.807) is 30.3 Å². The van der Waals surface area contributed by atoms with Crippen LogP contribution in [0.3, 0.4) is 0 Å². The van der Waals surface area contributed by atoms with E-state index >= 15 is 0 Å². The second-order valence-corrected chi connectivity index (χ2v) is 9.87. The van der Waals surface area contributed by atoms with Crippen LogP contribution >= 0.6 is 0 Å². The average Bonchev–Trinajstić information content (AvgIpc) is 2.95. The number of carbonyl (C=O) groups excluding carboxylic acids is 2. The average molecular weight is 571 g/mol. The topological polar surface area (TPSA) is 97.3 Å². The number of benzene rings is 3. The molecule has 0 radical (unpaired) electrons. The molecule has 2 amide bonds. The molecule has 0 aromatic heterocycles. The molecule has 3 aliphatic heterocycles. The number of rotatable bonds is 3. The van der Waals surface area contributed by atoms with Crippen LogP contribution in [0.1, 0.15) is 52.4 Å². The van der Waals surface area contributed by atoms with E-state index in [-0.39, 0.29) is 31.0 Å². The first-order chi connectivity index (χ1) is 19.6. The van der Waals surface area contributed by atoms with Crippen LogP contribution in [0.4, 0.5) is 13.2 Å². The first-order valence-electron chi connectivity index (χ1n) is 13.2. The lowest BCUT2D eigenvalue weighted by molar-refractivity contribution is -0.150. The van der Waals surface area contributed by atoms with Crippen molar-refractivity contribution >= 4 is 11.8 Å². The summed E-state index contributed by atoms with van der Waals surface area (Å²) in [6.07, 6.45) is -5.45. The predicted octanol–water partition coefficient (Wildman–Crippen LogP) is 5.52. The molecule has 1 unspecified atom stereocenters. The lowest BCUT2D eigenvalue weighted by Crippen LogP contribution is -2.41. The number of hydrogen-bond donors (Lipinski definition) is 2. The summed E-state index contributed by atoms with van der Waals surface area (Å²) in [6.45, 7) is 0.755.